The topological polar surface area (TPSA) is 103 Å². The lowest BCUT2D eigenvalue weighted by atomic mass is 10.1. The predicted molar refractivity (Wildman–Crippen MR) is 137 cm³/mol. The van der Waals surface area contributed by atoms with Crippen LogP contribution in [-0.4, -0.2) is 40.1 Å². The Bertz CT molecular complexity index is 1760. The number of fused-ring (bicyclic) bond motifs is 1. The van der Waals surface area contributed by atoms with Crippen LogP contribution in [0.15, 0.2) is 60.7 Å². The number of hydrogen-bond acceptors (Lipinski definition) is 6. The number of nitrogens with zero attached hydrogens (tertiary/aromatic N) is 3. The highest BCUT2D eigenvalue weighted by Gasteiger charge is 2.43. The number of benzene rings is 3. The Hall–Kier alpha value is -4.92. The van der Waals surface area contributed by atoms with Crippen LogP contribution in [0.1, 0.15) is 32.1 Å². The predicted octanol–water partition coefficient (Wildman–Crippen LogP) is 6.56. The third-order valence-electron chi connectivity index (χ3n) is 6.15. The van der Waals surface area contributed by atoms with Crippen molar-refractivity contribution < 1.29 is 55.2 Å². The lowest BCUT2D eigenvalue weighted by molar-refractivity contribution is -0.286. The van der Waals surface area contributed by atoms with Crippen LogP contribution >= 0.6 is 11.6 Å². The maximum atomic E-state index is 14.1. The minimum absolute atomic E-state index is 0.0265. The second kappa shape index (κ2) is 10.7. The third-order valence-corrected chi connectivity index (χ3v) is 6.54. The van der Waals surface area contributed by atoms with Crippen LogP contribution in [0.4, 0.5) is 32.0 Å². The molecule has 0 saturated carbocycles. The van der Waals surface area contributed by atoms with Gasteiger partial charge in [0.2, 0.25) is 0 Å². The van der Waals surface area contributed by atoms with E-state index in [0.29, 0.717) is 0 Å². The summed E-state index contributed by atoms with van der Waals surface area (Å²) in [5.41, 5.74) is -2.32. The Morgan fingerprint density at radius 1 is 1.07 bits per heavy atom. The summed E-state index contributed by atoms with van der Waals surface area (Å²) < 4.78 is 96.9. The summed E-state index contributed by atoms with van der Waals surface area (Å²) in [7, 11) is 1.34. The average Bonchev–Trinajstić information content (AvgIpc) is 3.44. The lowest BCUT2D eigenvalue weighted by Gasteiger charge is -2.18. The fraction of sp³-hybridized carbons (Fsp3) is 0.148. The molecule has 0 unspecified atom stereocenters. The molecule has 1 aromatic heterocycles. The van der Waals surface area contributed by atoms with Crippen LogP contribution < -0.4 is 19.1 Å². The first-order chi connectivity index (χ1) is 20.1. The van der Waals surface area contributed by atoms with Gasteiger partial charge in [0.05, 0.1) is 16.3 Å². The molecule has 0 aliphatic carbocycles. The van der Waals surface area contributed by atoms with E-state index in [-0.39, 0.29) is 39.9 Å². The minimum atomic E-state index is -4.98. The zero-order chi connectivity index (χ0) is 31.3. The molecule has 0 bridgehead atoms. The zero-order valence-corrected chi connectivity index (χ0v) is 22.2. The number of anilines is 1. The maximum Gasteiger partial charge on any atom is 0.586 e. The summed E-state index contributed by atoms with van der Waals surface area (Å²) in [4.78, 5) is 25.4. The number of carbonyl (C=O) groups is 2. The smallest absolute Gasteiger partial charge is 0.487 e. The zero-order valence-electron chi connectivity index (χ0n) is 21.5. The summed E-state index contributed by atoms with van der Waals surface area (Å²) in [6.45, 7) is -0.659. The van der Waals surface area contributed by atoms with Crippen LogP contribution in [-0.2, 0) is 12.8 Å². The molecule has 1 aliphatic rings. The monoisotopic (exact) mass is 627 g/mol. The van der Waals surface area contributed by atoms with E-state index < -0.39 is 53.1 Å². The number of halogens is 7. The number of hydrogen-bond donors (Lipinski definition) is 1. The molecule has 5 rings (SSSR count). The van der Waals surface area contributed by atoms with Gasteiger partial charge in [0, 0.05) is 30.4 Å². The summed E-state index contributed by atoms with van der Waals surface area (Å²) in [5.74, 6) is -4.07. The molecule has 224 valence electrons. The van der Waals surface area contributed by atoms with Crippen molar-refractivity contribution in [3.05, 3.63) is 94.0 Å². The van der Waals surface area contributed by atoms with Gasteiger partial charge in [0.1, 0.15) is 23.9 Å². The van der Waals surface area contributed by atoms with E-state index >= 15 is 0 Å². The average molecular weight is 628 g/mol. The molecular weight excluding hydrogens is 612 g/mol. The first-order valence-corrected chi connectivity index (χ1v) is 12.3. The molecular formula is C27H16ClF6N3O6. The van der Waals surface area contributed by atoms with Crippen LogP contribution in [0.3, 0.4) is 0 Å². The van der Waals surface area contributed by atoms with Crippen LogP contribution in [0, 0.1) is 5.82 Å². The molecule has 2 heterocycles. The van der Waals surface area contributed by atoms with Crippen LogP contribution in [0.25, 0.3) is 5.69 Å². The molecule has 16 heteroatoms. The molecule has 1 N–H and O–H groups in total. The van der Waals surface area contributed by atoms with Crippen molar-refractivity contribution in [2.24, 2.45) is 0 Å². The molecule has 0 spiro atoms. The summed E-state index contributed by atoms with van der Waals surface area (Å²) in [6, 6.07) is 11.7. The van der Waals surface area contributed by atoms with Gasteiger partial charge in [0.15, 0.2) is 17.2 Å². The number of carboxylic acids is 1. The van der Waals surface area contributed by atoms with E-state index in [4.69, 9.17) is 21.4 Å². The van der Waals surface area contributed by atoms with Crippen molar-refractivity contribution in [2.75, 3.05) is 11.9 Å². The minimum Gasteiger partial charge on any atom is -0.487 e. The number of aromatic nitrogens is 2. The van der Waals surface area contributed by atoms with Crippen molar-refractivity contribution in [1.82, 2.24) is 9.78 Å². The van der Waals surface area contributed by atoms with E-state index in [9.17, 15) is 35.9 Å². The molecule has 1 aliphatic heterocycles. The molecule has 0 saturated heterocycles. The fourth-order valence-corrected chi connectivity index (χ4v) is 4.37. The largest absolute Gasteiger partial charge is 0.586 e. The molecule has 43 heavy (non-hydrogen) atoms. The van der Waals surface area contributed by atoms with E-state index in [0.717, 1.165) is 33.8 Å². The Morgan fingerprint density at radius 2 is 1.79 bits per heavy atom. The molecule has 0 radical (unpaired) electrons. The number of carboxylic acid groups (broad SMARTS) is 1. The van der Waals surface area contributed by atoms with Gasteiger partial charge < -0.3 is 24.2 Å². The number of amides is 1. The molecule has 9 nitrogen and oxygen atoms in total. The quantitative estimate of drug-likeness (QED) is 0.232. The Balaban J connectivity index is 1.45. The fourth-order valence-electron chi connectivity index (χ4n) is 4.09. The molecule has 3 aromatic carbocycles. The van der Waals surface area contributed by atoms with Crippen molar-refractivity contribution >= 4 is 29.2 Å². The van der Waals surface area contributed by atoms with Gasteiger partial charge in [-0.1, -0.05) is 17.7 Å². The second-order valence-corrected chi connectivity index (χ2v) is 9.35. The SMILES string of the molecule is CN(C(=O)c1cccc(-n2nc(C(F)(F)F)c(Cl)c2COc2ccc(C(=O)O)c(F)c2)c1)c1ccc2c(c1)OC(F)(F)O2. The Morgan fingerprint density at radius 3 is 2.47 bits per heavy atom. The van der Waals surface area contributed by atoms with Crippen LogP contribution in [0.5, 0.6) is 17.2 Å². The van der Waals surface area contributed by atoms with Gasteiger partial charge in [-0.05, 0) is 42.5 Å². The van der Waals surface area contributed by atoms with Crippen molar-refractivity contribution in [3.8, 4) is 22.9 Å². The molecule has 1 amide bonds. The first-order valence-electron chi connectivity index (χ1n) is 11.9. The Labute approximate surface area is 242 Å². The van der Waals surface area contributed by atoms with Gasteiger partial charge in [-0.2, -0.15) is 18.3 Å². The summed E-state index contributed by atoms with van der Waals surface area (Å²) >= 11 is 6.04. The normalized spacial score (nSPS) is 13.6. The number of alkyl halides is 5. The number of aromatic carboxylic acids is 1. The molecule has 0 atom stereocenters. The number of carbonyl (C=O) groups excluding carboxylic acids is 1. The van der Waals surface area contributed by atoms with Gasteiger partial charge in [-0.15, -0.1) is 8.78 Å². The second-order valence-electron chi connectivity index (χ2n) is 8.97. The highest BCUT2D eigenvalue weighted by molar-refractivity contribution is 6.32. The van der Waals surface area contributed by atoms with E-state index in [1.807, 2.05) is 0 Å². The van der Waals surface area contributed by atoms with Gasteiger partial charge in [-0.25, -0.2) is 13.9 Å². The van der Waals surface area contributed by atoms with Crippen LogP contribution in [0.2, 0.25) is 5.02 Å². The van der Waals surface area contributed by atoms with Gasteiger partial charge >= 0.3 is 18.4 Å². The van der Waals surface area contributed by atoms with Crippen molar-refractivity contribution in [1.29, 1.82) is 0 Å². The van der Waals surface area contributed by atoms with E-state index in [1.54, 1.807) is 0 Å². The maximum absolute atomic E-state index is 14.1. The van der Waals surface area contributed by atoms with E-state index in [2.05, 4.69) is 14.6 Å². The third kappa shape index (κ3) is 5.88. The first kappa shape index (κ1) is 29.6. The van der Waals surface area contributed by atoms with Gasteiger partial charge in [0.25, 0.3) is 5.91 Å². The number of rotatable bonds is 7. The standard InChI is InChI=1S/C27H16ClF6N3O6/c1-36(14-5-8-20-21(10-14)43-27(33,34)42-20)24(38)13-3-2-4-15(9-13)37-19(22(28)23(35-37)26(30,31)32)12-41-16-6-7-17(25(39)40)18(29)11-16/h2-11H,12H2,1H3,(H,39,40). The summed E-state index contributed by atoms with van der Waals surface area (Å²) in [6.07, 6.45) is -8.84. The highest BCUT2D eigenvalue weighted by Crippen LogP contribution is 2.43. The number of ether oxygens (including phenoxy) is 3. The van der Waals surface area contributed by atoms with Crippen molar-refractivity contribution in [3.63, 3.8) is 0 Å². The lowest BCUT2D eigenvalue weighted by Crippen LogP contribution is -2.26. The van der Waals surface area contributed by atoms with E-state index in [1.165, 1.54) is 43.4 Å². The highest BCUT2D eigenvalue weighted by atomic mass is 35.5. The summed E-state index contributed by atoms with van der Waals surface area (Å²) in [5, 5.41) is 11.7. The van der Waals surface area contributed by atoms with Crippen molar-refractivity contribution in [2.45, 2.75) is 19.1 Å². The molecule has 0 fully saturated rings. The molecule has 4 aromatic rings. The van der Waals surface area contributed by atoms with Gasteiger partial charge in [-0.3, -0.25) is 4.79 Å². The Kier molecular flexibility index (Phi) is 7.38.